The molecule has 1 rings (SSSR count). The first-order valence-electron chi connectivity index (χ1n) is 6.29. The fourth-order valence-electron chi connectivity index (χ4n) is 1.57. The molecule has 19 heavy (non-hydrogen) atoms. The lowest BCUT2D eigenvalue weighted by atomic mass is 10.2. The van der Waals surface area contributed by atoms with E-state index in [1.54, 1.807) is 6.07 Å². The molecule has 1 atom stereocenters. The zero-order valence-electron chi connectivity index (χ0n) is 12.3. The maximum atomic E-state index is 8.84. The van der Waals surface area contributed by atoms with Gasteiger partial charge >= 0.3 is 0 Å². The molecule has 1 unspecified atom stereocenters. The molecule has 0 fully saturated rings. The van der Waals surface area contributed by atoms with Crippen molar-refractivity contribution in [2.45, 2.75) is 33.3 Å². The Balaban J connectivity index is 2.93. The predicted molar refractivity (Wildman–Crippen MR) is 77.1 cm³/mol. The molecule has 0 spiro atoms. The van der Waals surface area contributed by atoms with Crippen molar-refractivity contribution in [3.8, 4) is 11.9 Å². The van der Waals surface area contributed by atoms with Crippen LogP contribution >= 0.6 is 0 Å². The van der Waals surface area contributed by atoms with Crippen LogP contribution < -0.4 is 15.4 Å². The SMILES string of the molecule is CC(C#N)CN(C)c1ccc(N)c(OC(C)(C)C)n1. The van der Waals surface area contributed by atoms with Gasteiger partial charge in [-0.05, 0) is 39.8 Å². The number of hydrogen-bond donors (Lipinski definition) is 1. The van der Waals surface area contributed by atoms with Gasteiger partial charge in [0.2, 0.25) is 5.88 Å². The molecule has 0 aliphatic heterocycles. The summed E-state index contributed by atoms with van der Waals surface area (Å²) in [6.45, 7) is 8.33. The third kappa shape index (κ3) is 4.66. The Morgan fingerprint density at radius 3 is 2.63 bits per heavy atom. The highest BCUT2D eigenvalue weighted by Crippen LogP contribution is 2.26. The Morgan fingerprint density at radius 1 is 1.47 bits per heavy atom. The summed E-state index contributed by atoms with van der Waals surface area (Å²) in [5.74, 6) is 1.12. The summed E-state index contributed by atoms with van der Waals surface area (Å²) in [4.78, 5) is 6.33. The highest BCUT2D eigenvalue weighted by atomic mass is 16.5. The number of pyridine rings is 1. The van der Waals surface area contributed by atoms with Gasteiger partial charge < -0.3 is 15.4 Å². The first kappa shape index (κ1) is 15.1. The minimum absolute atomic E-state index is 0.0589. The van der Waals surface area contributed by atoms with Crippen LogP contribution in [0.4, 0.5) is 11.5 Å². The van der Waals surface area contributed by atoms with Crippen molar-refractivity contribution < 1.29 is 4.74 Å². The molecule has 0 amide bonds. The second-order valence-corrected chi connectivity index (χ2v) is 5.69. The lowest BCUT2D eigenvalue weighted by Gasteiger charge is -2.24. The van der Waals surface area contributed by atoms with E-state index in [2.05, 4.69) is 11.1 Å². The second-order valence-electron chi connectivity index (χ2n) is 5.69. The van der Waals surface area contributed by atoms with Gasteiger partial charge in [0.05, 0.1) is 17.7 Å². The van der Waals surface area contributed by atoms with E-state index in [0.717, 1.165) is 5.82 Å². The van der Waals surface area contributed by atoms with Crippen molar-refractivity contribution in [2.24, 2.45) is 5.92 Å². The van der Waals surface area contributed by atoms with Crippen LogP contribution in [0.25, 0.3) is 0 Å². The molecule has 1 heterocycles. The van der Waals surface area contributed by atoms with Crippen LogP contribution in [0.3, 0.4) is 0 Å². The van der Waals surface area contributed by atoms with Gasteiger partial charge in [0.1, 0.15) is 11.4 Å². The lowest BCUT2D eigenvalue weighted by Crippen LogP contribution is -2.26. The van der Waals surface area contributed by atoms with Crippen LogP contribution in [0.2, 0.25) is 0 Å². The summed E-state index contributed by atoms with van der Waals surface area (Å²) in [5.41, 5.74) is 6.03. The molecular weight excluding hydrogens is 240 g/mol. The number of anilines is 2. The molecule has 5 nitrogen and oxygen atoms in total. The Labute approximate surface area is 115 Å². The summed E-state index contributed by atoms with van der Waals surface area (Å²) < 4.78 is 5.73. The monoisotopic (exact) mass is 262 g/mol. The molecule has 0 bridgehead atoms. The standard InChI is InChI=1S/C14H22N4O/c1-10(8-15)9-18(5)12-7-6-11(16)13(17-12)19-14(2,3)4/h6-7,10H,9,16H2,1-5H3. The van der Waals surface area contributed by atoms with Crippen LogP contribution in [-0.4, -0.2) is 24.2 Å². The van der Waals surface area contributed by atoms with E-state index in [1.165, 1.54) is 0 Å². The molecule has 1 aromatic rings. The van der Waals surface area contributed by atoms with Gasteiger partial charge in [0, 0.05) is 13.6 Å². The summed E-state index contributed by atoms with van der Waals surface area (Å²) in [7, 11) is 1.90. The largest absolute Gasteiger partial charge is 0.470 e. The van der Waals surface area contributed by atoms with Crippen LogP contribution in [0.5, 0.6) is 5.88 Å². The van der Waals surface area contributed by atoms with Crippen LogP contribution in [-0.2, 0) is 0 Å². The van der Waals surface area contributed by atoms with E-state index in [0.29, 0.717) is 18.1 Å². The Kier molecular flexibility index (Phi) is 4.60. The summed E-state index contributed by atoms with van der Waals surface area (Å²) in [5, 5.41) is 8.84. The molecule has 5 heteroatoms. The molecule has 104 valence electrons. The van der Waals surface area contributed by atoms with Crippen molar-refractivity contribution in [2.75, 3.05) is 24.2 Å². The van der Waals surface area contributed by atoms with E-state index in [4.69, 9.17) is 15.7 Å². The van der Waals surface area contributed by atoms with E-state index in [1.807, 2.05) is 45.7 Å². The highest BCUT2D eigenvalue weighted by molar-refractivity contribution is 5.54. The maximum Gasteiger partial charge on any atom is 0.239 e. The number of rotatable bonds is 4. The van der Waals surface area contributed by atoms with Crippen molar-refractivity contribution >= 4 is 11.5 Å². The minimum atomic E-state index is -0.349. The second kappa shape index (κ2) is 5.79. The van der Waals surface area contributed by atoms with E-state index >= 15 is 0 Å². The molecule has 0 aliphatic carbocycles. The third-order valence-corrected chi connectivity index (χ3v) is 2.44. The zero-order chi connectivity index (χ0) is 14.6. The van der Waals surface area contributed by atoms with Crippen LogP contribution in [0.1, 0.15) is 27.7 Å². The fourth-order valence-corrected chi connectivity index (χ4v) is 1.57. The number of ether oxygens (including phenoxy) is 1. The molecule has 0 saturated heterocycles. The fraction of sp³-hybridized carbons (Fsp3) is 0.571. The molecule has 0 aromatic carbocycles. The highest BCUT2D eigenvalue weighted by Gasteiger charge is 2.16. The van der Waals surface area contributed by atoms with Crippen molar-refractivity contribution in [1.82, 2.24) is 4.98 Å². The summed E-state index contributed by atoms with van der Waals surface area (Å²) in [6, 6.07) is 5.81. The number of hydrogen-bond acceptors (Lipinski definition) is 5. The number of aromatic nitrogens is 1. The summed E-state index contributed by atoms with van der Waals surface area (Å²) >= 11 is 0. The molecule has 0 aliphatic rings. The third-order valence-electron chi connectivity index (χ3n) is 2.44. The van der Waals surface area contributed by atoms with Gasteiger partial charge in [-0.15, -0.1) is 0 Å². The molecule has 0 saturated carbocycles. The lowest BCUT2D eigenvalue weighted by molar-refractivity contribution is 0.125. The average molecular weight is 262 g/mol. The van der Waals surface area contributed by atoms with Crippen molar-refractivity contribution in [1.29, 1.82) is 5.26 Å². The average Bonchev–Trinajstić information content (AvgIpc) is 2.29. The van der Waals surface area contributed by atoms with Gasteiger partial charge in [-0.3, -0.25) is 0 Å². The molecule has 1 aromatic heterocycles. The molecule has 0 radical (unpaired) electrons. The van der Waals surface area contributed by atoms with Crippen LogP contribution in [0, 0.1) is 17.2 Å². The number of nitriles is 1. The first-order chi connectivity index (χ1) is 8.73. The Hall–Kier alpha value is -1.96. The van der Waals surface area contributed by atoms with Gasteiger partial charge in [-0.1, -0.05) is 0 Å². The van der Waals surface area contributed by atoms with Gasteiger partial charge in [-0.25, -0.2) is 0 Å². The topological polar surface area (TPSA) is 75.2 Å². The first-order valence-corrected chi connectivity index (χ1v) is 6.29. The normalized spacial score (nSPS) is 12.6. The van der Waals surface area contributed by atoms with Crippen molar-refractivity contribution in [3.05, 3.63) is 12.1 Å². The molecular formula is C14H22N4O. The Bertz CT molecular complexity index is 473. The predicted octanol–water partition coefficient (Wildman–Crippen LogP) is 2.44. The quantitative estimate of drug-likeness (QED) is 0.902. The van der Waals surface area contributed by atoms with Crippen molar-refractivity contribution in [3.63, 3.8) is 0 Å². The van der Waals surface area contributed by atoms with E-state index in [-0.39, 0.29) is 11.5 Å². The van der Waals surface area contributed by atoms with Gasteiger partial charge in [0.25, 0.3) is 0 Å². The van der Waals surface area contributed by atoms with Crippen LogP contribution in [0.15, 0.2) is 12.1 Å². The number of nitrogen functional groups attached to an aromatic ring is 1. The maximum absolute atomic E-state index is 8.84. The van der Waals surface area contributed by atoms with E-state index in [9.17, 15) is 0 Å². The number of nitrogens with zero attached hydrogens (tertiary/aromatic N) is 3. The Morgan fingerprint density at radius 2 is 2.11 bits per heavy atom. The smallest absolute Gasteiger partial charge is 0.239 e. The summed E-state index contributed by atoms with van der Waals surface area (Å²) in [6.07, 6.45) is 0. The number of nitrogens with two attached hydrogens (primary N) is 1. The molecule has 2 N–H and O–H groups in total. The van der Waals surface area contributed by atoms with Gasteiger partial charge in [-0.2, -0.15) is 10.2 Å². The van der Waals surface area contributed by atoms with Gasteiger partial charge in [0.15, 0.2) is 0 Å². The zero-order valence-corrected chi connectivity index (χ0v) is 12.3. The minimum Gasteiger partial charge on any atom is -0.470 e. The van der Waals surface area contributed by atoms with E-state index < -0.39 is 0 Å².